The maximum atomic E-state index is 11.6. The molecule has 4 nitrogen and oxygen atoms in total. The molecule has 0 spiro atoms. The Morgan fingerprint density at radius 3 is 1.92 bits per heavy atom. The Morgan fingerprint density at radius 1 is 0.962 bits per heavy atom. The number of hydrogen-bond acceptors (Lipinski definition) is 4. The summed E-state index contributed by atoms with van der Waals surface area (Å²) in [5.74, 6) is 0. The largest absolute Gasteiger partial charge is 0.509 e. The predicted octanol–water partition coefficient (Wildman–Crippen LogP) is 5.03. The van der Waals surface area contributed by atoms with Crippen LogP contribution in [0.5, 0.6) is 0 Å². The van der Waals surface area contributed by atoms with Crippen molar-refractivity contribution >= 4 is 11.9 Å². The first kappa shape index (κ1) is 19.4. The third kappa shape index (κ3) is 6.55. The van der Waals surface area contributed by atoms with Crippen molar-refractivity contribution in [2.75, 3.05) is 13.2 Å². The van der Waals surface area contributed by atoms with Crippen molar-refractivity contribution in [3.63, 3.8) is 0 Å². The Balaban J connectivity index is 2.04. The van der Waals surface area contributed by atoms with Crippen LogP contribution in [0.1, 0.15) is 31.9 Å². The second-order valence-corrected chi connectivity index (χ2v) is 6.90. The first-order valence-electron chi connectivity index (χ1n) is 8.53. The highest BCUT2D eigenvalue weighted by atomic mass is 16.7. The van der Waals surface area contributed by atoms with Crippen molar-refractivity contribution < 1.29 is 14.3 Å². The first-order valence-corrected chi connectivity index (χ1v) is 8.53. The summed E-state index contributed by atoms with van der Waals surface area (Å²) in [6.07, 6.45) is -0.700. The highest BCUT2D eigenvalue weighted by molar-refractivity contribution is 6.12. The molecule has 26 heavy (non-hydrogen) atoms. The van der Waals surface area contributed by atoms with Crippen molar-refractivity contribution in [1.29, 1.82) is 0 Å². The average molecular weight is 351 g/mol. The summed E-state index contributed by atoms with van der Waals surface area (Å²) in [6, 6.07) is 19.9. The molecule has 0 saturated heterocycles. The quantitative estimate of drug-likeness (QED) is 0.416. The molecule has 0 atom stereocenters. The normalized spacial score (nSPS) is 10.7. The fourth-order valence-corrected chi connectivity index (χ4v) is 2.22. The van der Waals surface area contributed by atoms with E-state index in [0.29, 0.717) is 12.1 Å². The topological polar surface area (TPSA) is 47.9 Å². The highest BCUT2D eigenvalue weighted by Crippen LogP contribution is 2.12. The van der Waals surface area contributed by atoms with Gasteiger partial charge in [-0.25, -0.2) is 4.79 Å². The summed E-state index contributed by atoms with van der Waals surface area (Å²) in [7, 11) is 0. The summed E-state index contributed by atoms with van der Waals surface area (Å²) in [6.45, 7) is 9.76. The van der Waals surface area contributed by atoms with Crippen LogP contribution in [-0.4, -0.2) is 30.6 Å². The molecule has 2 aromatic carbocycles. The van der Waals surface area contributed by atoms with E-state index < -0.39 is 11.8 Å². The van der Waals surface area contributed by atoms with Gasteiger partial charge in [-0.05, 0) is 26.3 Å². The third-order valence-corrected chi connectivity index (χ3v) is 3.34. The second-order valence-electron chi connectivity index (χ2n) is 6.90. The number of carbonyl (C=O) groups is 1. The lowest BCUT2D eigenvalue weighted by Gasteiger charge is -2.19. The van der Waals surface area contributed by atoms with Crippen molar-refractivity contribution in [1.82, 2.24) is 0 Å². The van der Waals surface area contributed by atoms with Gasteiger partial charge < -0.3 is 9.47 Å². The van der Waals surface area contributed by atoms with Crippen molar-refractivity contribution in [3.8, 4) is 0 Å². The molecule has 2 aromatic rings. The smallest absolute Gasteiger partial charge is 0.430 e. The lowest BCUT2D eigenvalue weighted by molar-refractivity contribution is -0.00344. The molecule has 0 N–H and O–H groups in total. The van der Waals surface area contributed by atoms with Gasteiger partial charge in [0.2, 0.25) is 0 Å². The number of nitrogens with zero attached hydrogens (tertiary/aromatic N) is 1. The SMILES string of the molecule is C=C(CN=C(c1ccccc1)c1ccccc1)COC(=O)OC(C)(C)C. The van der Waals surface area contributed by atoms with E-state index >= 15 is 0 Å². The van der Waals surface area contributed by atoms with Crippen LogP contribution in [-0.2, 0) is 9.47 Å². The number of hydrogen-bond donors (Lipinski definition) is 0. The Bertz CT molecular complexity index is 717. The molecule has 2 rings (SSSR count). The Morgan fingerprint density at radius 2 is 1.46 bits per heavy atom. The van der Waals surface area contributed by atoms with Crippen molar-refractivity contribution in [2.24, 2.45) is 4.99 Å². The van der Waals surface area contributed by atoms with Crippen LogP contribution in [0.25, 0.3) is 0 Å². The van der Waals surface area contributed by atoms with Crippen LogP contribution in [0.15, 0.2) is 77.8 Å². The predicted molar refractivity (Wildman–Crippen MR) is 105 cm³/mol. The average Bonchev–Trinajstić information content (AvgIpc) is 2.60. The number of benzene rings is 2. The Kier molecular flexibility index (Phi) is 6.73. The summed E-state index contributed by atoms with van der Waals surface area (Å²) < 4.78 is 10.2. The van der Waals surface area contributed by atoms with E-state index in [1.54, 1.807) is 20.8 Å². The molecule has 0 bridgehead atoms. The summed E-state index contributed by atoms with van der Waals surface area (Å²) in [5.41, 5.74) is 3.05. The zero-order valence-electron chi connectivity index (χ0n) is 15.6. The summed E-state index contributed by atoms with van der Waals surface area (Å²) >= 11 is 0. The van der Waals surface area contributed by atoms with Gasteiger partial charge in [-0.1, -0.05) is 67.2 Å². The lowest BCUT2D eigenvalue weighted by Crippen LogP contribution is -2.25. The van der Waals surface area contributed by atoms with Gasteiger partial charge in [0.1, 0.15) is 12.2 Å². The van der Waals surface area contributed by atoms with Gasteiger partial charge in [-0.15, -0.1) is 0 Å². The molecule has 0 amide bonds. The van der Waals surface area contributed by atoms with E-state index in [1.165, 1.54) is 0 Å². The van der Waals surface area contributed by atoms with Crippen LogP contribution in [0, 0.1) is 0 Å². The third-order valence-electron chi connectivity index (χ3n) is 3.34. The minimum absolute atomic E-state index is 0.0786. The standard InChI is InChI=1S/C22H25NO3/c1-17(16-25-21(24)26-22(2,3)4)15-23-20(18-11-7-5-8-12-18)19-13-9-6-10-14-19/h5-14H,1,15-16H2,2-4H3. The van der Waals surface area contributed by atoms with Gasteiger partial charge in [0.15, 0.2) is 0 Å². The molecule has 0 fully saturated rings. The molecule has 0 saturated carbocycles. The molecular weight excluding hydrogens is 326 g/mol. The fourth-order valence-electron chi connectivity index (χ4n) is 2.22. The molecule has 0 aliphatic rings. The number of aliphatic imine (C=N–C) groups is 1. The van der Waals surface area contributed by atoms with Gasteiger partial charge in [0, 0.05) is 11.1 Å². The fraction of sp³-hybridized carbons (Fsp3) is 0.273. The van der Waals surface area contributed by atoms with E-state index in [1.807, 2.05) is 60.7 Å². The number of ether oxygens (including phenoxy) is 2. The molecule has 136 valence electrons. The van der Waals surface area contributed by atoms with Crippen LogP contribution < -0.4 is 0 Å². The van der Waals surface area contributed by atoms with Crippen LogP contribution in [0.3, 0.4) is 0 Å². The lowest BCUT2D eigenvalue weighted by atomic mass is 10.0. The maximum Gasteiger partial charge on any atom is 0.509 e. The molecule has 0 aliphatic carbocycles. The number of carbonyl (C=O) groups excluding carboxylic acids is 1. The van der Waals surface area contributed by atoms with Crippen LogP contribution in [0.4, 0.5) is 4.79 Å². The van der Waals surface area contributed by atoms with Gasteiger partial charge in [0.05, 0.1) is 12.3 Å². The van der Waals surface area contributed by atoms with E-state index in [2.05, 4.69) is 6.58 Å². The minimum Gasteiger partial charge on any atom is -0.430 e. The van der Waals surface area contributed by atoms with Gasteiger partial charge in [0.25, 0.3) is 0 Å². The zero-order chi connectivity index (χ0) is 19.0. The van der Waals surface area contributed by atoms with E-state index in [4.69, 9.17) is 14.5 Å². The minimum atomic E-state index is -0.700. The maximum absolute atomic E-state index is 11.6. The zero-order valence-corrected chi connectivity index (χ0v) is 15.6. The Labute approximate surface area is 155 Å². The van der Waals surface area contributed by atoms with Gasteiger partial charge >= 0.3 is 6.16 Å². The summed E-state index contributed by atoms with van der Waals surface area (Å²) in [4.78, 5) is 16.3. The summed E-state index contributed by atoms with van der Waals surface area (Å²) in [5, 5.41) is 0. The van der Waals surface area contributed by atoms with Gasteiger partial charge in [-0.2, -0.15) is 0 Å². The molecule has 4 heteroatoms. The molecular formula is C22H25NO3. The molecule has 0 aliphatic heterocycles. The molecule has 0 radical (unpaired) electrons. The van der Waals surface area contributed by atoms with Crippen LogP contribution in [0.2, 0.25) is 0 Å². The Hall–Kier alpha value is -2.88. The van der Waals surface area contributed by atoms with Crippen LogP contribution >= 0.6 is 0 Å². The molecule has 0 heterocycles. The highest BCUT2D eigenvalue weighted by Gasteiger charge is 2.17. The van der Waals surface area contributed by atoms with Gasteiger partial charge in [-0.3, -0.25) is 4.99 Å². The van der Waals surface area contributed by atoms with E-state index in [0.717, 1.165) is 16.8 Å². The molecule has 0 unspecified atom stereocenters. The van der Waals surface area contributed by atoms with Crippen molar-refractivity contribution in [3.05, 3.63) is 83.9 Å². The molecule has 0 aromatic heterocycles. The first-order chi connectivity index (χ1) is 12.3. The van der Waals surface area contributed by atoms with E-state index in [-0.39, 0.29) is 6.61 Å². The van der Waals surface area contributed by atoms with Crippen molar-refractivity contribution in [2.45, 2.75) is 26.4 Å². The monoisotopic (exact) mass is 351 g/mol. The number of rotatable bonds is 6. The second kappa shape index (κ2) is 8.99. The van der Waals surface area contributed by atoms with E-state index in [9.17, 15) is 4.79 Å².